The van der Waals surface area contributed by atoms with Crippen molar-refractivity contribution in [3.8, 4) is 0 Å². The van der Waals surface area contributed by atoms with Crippen LogP contribution in [0.15, 0.2) is 0 Å². The average Bonchev–Trinajstić information content (AvgIpc) is 2.12. The molecule has 0 rings (SSSR count). The second kappa shape index (κ2) is 6.30. The topological polar surface area (TPSA) is 66.5 Å². The maximum Gasteiger partial charge on any atom is 0.239 e. The maximum atomic E-state index is 11.4. The molecule has 0 aromatic heterocycles. The Hall–Kier alpha value is -0.330. The number of hydrogen-bond donors (Lipinski definition) is 1. The third kappa shape index (κ3) is 5.96. The molecule has 1 amide bonds. The Balaban J connectivity index is 4.28. The second-order valence-corrected chi connectivity index (χ2v) is 5.69. The van der Waals surface area contributed by atoms with Crippen molar-refractivity contribution in [1.29, 1.82) is 0 Å². The third-order valence-corrected chi connectivity index (χ3v) is 3.52. The van der Waals surface area contributed by atoms with Gasteiger partial charge in [-0.3, -0.25) is 4.79 Å². The van der Waals surface area contributed by atoms with E-state index < -0.39 is 16.1 Å². The predicted octanol–water partition coefficient (Wildman–Crippen LogP) is 0.0114. The molecule has 0 aliphatic rings. The van der Waals surface area contributed by atoms with E-state index in [-0.39, 0.29) is 17.5 Å². The fourth-order valence-electron chi connectivity index (χ4n) is 1.01. The number of nitrogens with one attached hydrogen (secondary N) is 1. The highest BCUT2D eigenvalue weighted by Gasteiger charge is 2.20. The summed E-state index contributed by atoms with van der Waals surface area (Å²) in [6.45, 7) is 1.51. The van der Waals surface area contributed by atoms with Crippen LogP contribution in [0.4, 0.5) is 0 Å². The molecule has 0 aliphatic carbocycles. The van der Waals surface area contributed by atoms with Crippen molar-refractivity contribution in [3.05, 3.63) is 0 Å². The van der Waals surface area contributed by atoms with E-state index in [0.717, 1.165) is 0 Å². The fraction of sp³-hybridized carbons (Fsp3) is 0.875. The first kappa shape index (κ1) is 14.7. The Morgan fingerprint density at radius 1 is 1.47 bits per heavy atom. The fourth-order valence-corrected chi connectivity index (χ4v) is 2.58. The Morgan fingerprint density at radius 2 is 2.00 bits per heavy atom. The summed E-state index contributed by atoms with van der Waals surface area (Å²) in [5.41, 5.74) is 0. The summed E-state index contributed by atoms with van der Waals surface area (Å²) in [5, 5.41) is 0. The van der Waals surface area contributed by atoms with Crippen molar-refractivity contribution in [1.82, 2.24) is 9.62 Å². The van der Waals surface area contributed by atoms with Gasteiger partial charge in [0.05, 0.1) is 11.8 Å². The van der Waals surface area contributed by atoms with Crippen molar-refractivity contribution in [2.75, 3.05) is 25.7 Å². The number of amides is 1. The van der Waals surface area contributed by atoms with Crippen LogP contribution in [0.5, 0.6) is 0 Å². The molecule has 5 nitrogen and oxygen atoms in total. The number of carbonyl (C=O) groups excluding carboxylic acids is 1. The van der Waals surface area contributed by atoms with Crippen LogP contribution < -0.4 is 4.72 Å². The van der Waals surface area contributed by atoms with Gasteiger partial charge in [-0.1, -0.05) is 0 Å². The van der Waals surface area contributed by atoms with Gasteiger partial charge in [-0.15, -0.1) is 11.6 Å². The first-order valence-electron chi connectivity index (χ1n) is 4.57. The highest BCUT2D eigenvalue weighted by Crippen LogP contribution is 1.96. The van der Waals surface area contributed by atoms with Crippen LogP contribution in [0.1, 0.15) is 13.3 Å². The van der Waals surface area contributed by atoms with Gasteiger partial charge in [0.25, 0.3) is 0 Å². The third-order valence-electron chi connectivity index (χ3n) is 1.71. The Labute approximate surface area is 95.8 Å². The lowest BCUT2D eigenvalue weighted by molar-refractivity contribution is -0.130. The Bertz CT molecular complexity index is 303. The lowest BCUT2D eigenvalue weighted by Gasteiger charge is -2.17. The molecule has 0 aromatic carbocycles. The first-order valence-corrected chi connectivity index (χ1v) is 6.76. The lowest BCUT2D eigenvalue weighted by atomic mass is 10.3. The van der Waals surface area contributed by atoms with Crippen LogP contribution in [0.2, 0.25) is 0 Å². The molecule has 0 spiro atoms. The molecule has 7 heteroatoms. The summed E-state index contributed by atoms with van der Waals surface area (Å²) in [4.78, 5) is 12.7. The van der Waals surface area contributed by atoms with Crippen LogP contribution in [-0.2, 0) is 14.8 Å². The van der Waals surface area contributed by atoms with Gasteiger partial charge >= 0.3 is 0 Å². The Kier molecular flexibility index (Phi) is 6.16. The van der Waals surface area contributed by atoms with Gasteiger partial charge < -0.3 is 4.90 Å². The normalized spacial score (nSPS) is 13.6. The SMILES string of the molecule is CC(NS(=O)(=O)CCCCl)C(=O)N(C)C. The summed E-state index contributed by atoms with van der Waals surface area (Å²) in [6, 6.07) is -0.736. The van der Waals surface area contributed by atoms with E-state index in [0.29, 0.717) is 6.42 Å². The molecule has 0 bridgehead atoms. The van der Waals surface area contributed by atoms with E-state index in [1.807, 2.05) is 0 Å². The molecule has 15 heavy (non-hydrogen) atoms. The number of carbonyl (C=O) groups is 1. The first-order chi connectivity index (χ1) is 6.80. The summed E-state index contributed by atoms with van der Waals surface area (Å²) in [7, 11) is -0.253. The molecule has 0 aromatic rings. The minimum absolute atomic E-state index is 0.0540. The lowest BCUT2D eigenvalue weighted by Crippen LogP contribution is -2.44. The van der Waals surface area contributed by atoms with Gasteiger partial charge in [-0.2, -0.15) is 0 Å². The number of rotatable bonds is 6. The highest BCUT2D eigenvalue weighted by atomic mass is 35.5. The molecule has 0 heterocycles. The zero-order valence-corrected chi connectivity index (χ0v) is 10.7. The summed E-state index contributed by atoms with van der Waals surface area (Å²) in [6.07, 6.45) is 0.375. The number of nitrogens with zero attached hydrogens (tertiary/aromatic N) is 1. The largest absolute Gasteiger partial charge is 0.347 e. The molecule has 1 N–H and O–H groups in total. The van der Waals surface area contributed by atoms with Gasteiger partial charge in [0.1, 0.15) is 0 Å². The molecule has 1 unspecified atom stereocenters. The van der Waals surface area contributed by atoms with Crippen molar-refractivity contribution in [2.45, 2.75) is 19.4 Å². The van der Waals surface area contributed by atoms with E-state index in [1.165, 1.54) is 11.8 Å². The molecule has 90 valence electrons. The Morgan fingerprint density at radius 3 is 2.40 bits per heavy atom. The second-order valence-electron chi connectivity index (χ2n) is 3.43. The summed E-state index contributed by atoms with van der Waals surface area (Å²) >= 11 is 5.39. The number of hydrogen-bond acceptors (Lipinski definition) is 3. The van der Waals surface area contributed by atoms with Crippen molar-refractivity contribution in [2.24, 2.45) is 0 Å². The van der Waals surface area contributed by atoms with E-state index in [4.69, 9.17) is 11.6 Å². The molecular weight excluding hydrogens is 240 g/mol. The van der Waals surface area contributed by atoms with Crippen molar-refractivity contribution < 1.29 is 13.2 Å². The zero-order chi connectivity index (χ0) is 12.1. The smallest absolute Gasteiger partial charge is 0.239 e. The van der Waals surface area contributed by atoms with Crippen LogP contribution >= 0.6 is 11.6 Å². The molecule has 0 saturated carbocycles. The van der Waals surface area contributed by atoms with Gasteiger partial charge in [0.2, 0.25) is 15.9 Å². The van der Waals surface area contributed by atoms with E-state index in [9.17, 15) is 13.2 Å². The van der Waals surface area contributed by atoms with Crippen LogP contribution in [0, 0.1) is 0 Å². The van der Waals surface area contributed by atoms with Crippen molar-refractivity contribution >= 4 is 27.5 Å². The highest BCUT2D eigenvalue weighted by molar-refractivity contribution is 7.89. The van der Waals surface area contributed by atoms with E-state index >= 15 is 0 Å². The van der Waals surface area contributed by atoms with Gasteiger partial charge in [0, 0.05) is 20.0 Å². The monoisotopic (exact) mass is 256 g/mol. The number of alkyl halides is 1. The minimum atomic E-state index is -3.40. The van der Waals surface area contributed by atoms with E-state index in [2.05, 4.69) is 4.72 Å². The quantitative estimate of drug-likeness (QED) is 0.681. The van der Waals surface area contributed by atoms with Crippen LogP contribution in [0.3, 0.4) is 0 Å². The standard InChI is InChI=1S/C8H17ClN2O3S/c1-7(8(12)11(2)3)10-15(13,14)6-4-5-9/h7,10H,4-6H2,1-3H3. The molecule has 0 aliphatic heterocycles. The number of sulfonamides is 1. The molecular formula is C8H17ClN2O3S. The zero-order valence-electron chi connectivity index (χ0n) is 9.16. The molecule has 0 fully saturated rings. The van der Waals surface area contributed by atoms with Crippen LogP contribution in [-0.4, -0.2) is 51.0 Å². The number of likely N-dealkylation sites (N-methyl/N-ethyl adjacent to an activating group) is 1. The minimum Gasteiger partial charge on any atom is -0.347 e. The van der Waals surface area contributed by atoms with E-state index in [1.54, 1.807) is 14.1 Å². The molecule has 1 atom stereocenters. The maximum absolute atomic E-state index is 11.4. The predicted molar refractivity (Wildman–Crippen MR) is 60.4 cm³/mol. The van der Waals surface area contributed by atoms with Crippen molar-refractivity contribution in [3.63, 3.8) is 0 Å². The van der Waals surface area contributed by atoms with Gasteiger partial charge in [-0.05, 0) is 13.3 Å². The van der Waals surface area contributed by atoms with Gasteiger partial charge in [-0.25, -0.2) is 13.1 Å². The summed E-state index contributed by atoms with van der Waals surface area (Å²) < 4.78 is 25.1. The van der Waals surface area contributed by atoms with Gasteiger partial charge in [0.15, 0.2) is 0 Å². The number of halogens is 1. The average molecular weight is 257 g/mol. The molecule has 0 radical (unpaired) electrons. The summed E-state index contributed by atoms with van der Waals surface area (Å²) in [5.74, 6) is -0.0391. The molecule has 0 saturated heterocycles. The van der Waals surface area contributed by atoms with Crippen LogP contribution in [0.25, 0.3) is 0 Å².